The maximum Gasteiger partial charge on any atom is 0.250 e. The number of benzene rings is 3. The van der Waals surface area contributed by atoms with Gasteiger partial charge in [-0.15, -0.1) is 10.2 Å². The molecule has 1 amide bonds. The van der Waals surface area contributed by atoms with Crippen LogP contribution in [0.2, 0.25) is 0 Å². The molecule has 0 radical (unpaired) electrons. The first-order chi connectivity index (χ1) is 17.8. The van der Waals surface area contributed by atoms with E-state index in [0.717, 1.165) is 28.3 Å². The molecule has 0 aliphatic rings. The van der Waals surface area contributed by atoms with Crippen molar-refractivity contribution in [3.05, 3.63) is 90.0 Å². The second-order valence-electron chi connectivity index (χ2n) is 9.55. The second-order valence-corrected chi connectivity index (χ2v) is 10.5. The van der Waals surface area contributed by atoms with Crippen molar-refractivity contribution < 1.29 is 9.53 Å². The SMILES string of the molecule is COc1ccc(-n2c(SCC(=O)N/N=C(/C)c3ccccc3)nnc2-c2ccc(C(C)(C)C)cc2)cc1. The summed E-state index contributed by atoms with van der Waals surface area (Å²) in [4.78, 5) is 12.6. The first-order valence-corrected chi connectivity index (χ1v) is 13.0. The van der Waals surface area contributed by atoms with Crippen LogP contribution in [0.5, 0.6) is 5.75 Å². The largest absolute Gasteiger partial charge is 0.497 e. The number of nitrogens with zero attached hydrogens (tertiary/aromatic N) is 4. The van der Waals surface area contributed by atoms with Gasteiger partial charge in [-0.2, -0.15) is 5.10 Å². The molecule has 37 heavy (non-hydrogen) atoms. The van der Waals surface area contributed by atoms with Crippen LogP contribution in [-0.2, 0) is 10.2 Å². The van der Waals surface area contributed by atoms with E-state index in [1.807, 2.05) is 66.1 Å². The van der Waals surface area contributed by atoms with Crippen molar-refractivity contribution in [2.24, 2.45) is 5.10 Å². The third-order valence-corrected chi connectivity index (χ3v) is 6.77. The van der Waals surface area contributed by atoms with Gasteiger partial charge in [0, 0.05) is 11.3 Å². The van der Waals surface area contributed by atoms with Gasteiger partial charge in [-0.05, 0) is 47.7 Å². The first-order valence-electron chi connectivity index (χ1n) is 12.0. The zero-order valence-electron chi connectivity index (χ0n) is 21.7. The topological polar surface area (TPSA) is 81.4 Å². The van der Waals surface area contributed by atoms with Gasteiger partial charge < -0.3 is 4.74 Å². The Bertz CT molecular complexity index is 1370. The van der Waals surface area contributed by atoms with E-state index in [1.165, 1.54) is 17.3 Å². The van der Waals surface area contributed by atoms with Gasteiger partial charge in [0.15, 0.2) is 11.0 Å². The molecular formula is C29H31N5O2S. The first kappa shape index (κ1) is 26.2. The molecule has 0 aliphatic heterocycles. The van der Waals surface area contributed by atoms with E-state index >= 15 is 0 Å². The monoisotopic (exact) mass is 513 g/mol. The summed E-state index contributed by atoms with van der Waals surface area (Å²) in [5, 5.41) is 13.8. The van der Waals surface area contributed by atoms with Gasteiger partial charge in [0.1, 0.15) is 5.75 Å². The molecule has 8 heteroatoms. The number of carbonyl (C=O) groups excluding carboxylic acids is 1. The summed E-state index contributed by atoms with van der Waals surface area (Å²) in [5.74, 6) is 1.38. The van der Waals surface area contributed by atoms with Crippen molar-refractivity contribution in [3.63, 3.8) is 0 Å². The average Bonchev–Trinajstić information content (AvgIpc) is 3.34. The molecule has 4 rings (SSSR count). The highest BCUT2D eigenvalue weighted by atomic mass is 32.2. The molecule has 0 spiro atoms. The van der Waals surface area contributed by atoms with Crippen LogP contribution in [0.3, 0.4) is 0 Å². The fraction of sp³-hybridized carbons (Fsp3) is 0.241. The third-order valence-electron chi connectivity index (χ3n) is 5.85. The molecule has 0 atom stereocenters. The van der Waals surface area contributed by atoms with Gasteiger partial charge in [-0.25, -0.2) is 5.43 Å². The van der Waals surface area contributed by atoms with Crippen LogP contribution in [0.1, 0.15) is 38.8 Å². The van der Waals surface area contributed by atoms with Crippen LogP contribution >= 0.6 is 11.8 Å². The van der Waals surface area contributed by atoms with Gasteiger partial charge in [-0.3, -0.25) is 9.36 Å². The number of aromatic nitrogens is 3. The molecule has 0 bridgehead atoms. The molecule has 0 fully saturated rings. The van der Waals surface area contributed by atoms with E-state index in [0.29, 0.717) is 11.0 Å². The Labute approximate surface area is 222 Å². The maximum atomic E-state index is 12.6. The average molecular weight is 514 g/mol. The number of hydrogen-bond donors (Lipinski definition) is 1. The van der Waals surface area contributed by atoms with Crippen molar-refractivity contribution in [2.45, 2.75) is 38.3 Å². The summed E-state index contributed by atoms with van der Waals surface area (Å²) in [6.45, 7) is 8.42. The van der Waals surface area contributed by atoms with Gasteiger partial charge in [0.25, 0.3) is 5.91 Å². The minimum absolute atomic E-state index is 0.0535. The molecule has 1 aromatic heterocycles. The zero-order valence-corrected chi connectivity index (χ0v) is 22.5. The molecule has 7 nitrogen and oxygen atoms in total. The summed E-state index contributed by atoms with van der Waals surface area (Å²) in [6.07, 6.45) is 0. The van der Waals surface area contributed by atoms with E-state index in [2.05, 4.69) is 65.8 Å². The maximum absolute atomic E-state index is 12.6. The van der Waals surface area contributed by atoms with E-state index in [4.69, 9.17) is 4.74 Å². The predicted octanol–water partition coefficient (Wildman–Crippen LogP) is 5.87. The molecule has 0 saturated carbocycles. The number of hydrogen-bond acceptors (Lipinski definition) is 6. The van der Waals surface area contributed by atoms with E-state index in [9.17, 15) is 4.79 Å². The Morgan fingerprint density at radius 3 is 2.27 bits per heavy atom. The number of thioether (sulfide) groups is 1. The van der Waals surface area contributed by atoms with Crippen LogP contribution in [0.4, 0.5) is 0 Å². The van der Waals surface area contributed by atoms with Crippen molar-refractivity contribution in [3.8, 4) is 22.8 Å². The quantitative estimate of drug-likeness (QED) is 0.181. The van der Waals surface area contributed by atoms with E-state index in [1.54, 1.807) is 7.11 Å². The highest BCUT2D eigenvalue weighted by Gasteiger charge is 2.19. The number of nitrogens with one attached hydrogen (secondary N) is 1. The molecular weight excluding hydrogens is 482 g/mol. The lowest BCUT2D eigenvalue weighted by Crippen LogP contribution is -2.21. The van der Waals surface area contributed by atoms with Crippen molar-refractivity contribution in [1.82, 2.24) is 20.2 Å². The van der Waals surface area contributed by atoms with Gasteiger partial charge in [-0.1, -0.05) is 87.1 Å². The summed E-state index contributed by atoms with van der Waals surface area (Å²) in [5.41, 5.74) is 7.44. The second kappa shape index (κ2) is 11.4. The van der Waals surface area contributed by atoms with Crippen LogP contribution in [0, 0.1) is 0 Å². The Morgan fingerprint density at radius 2 is 1.65 bits per heavy atom. The zero-order chi connectivity index (χ0) is 26.4. The highest BCUT2D eigenvalue weighted by molar-refractivity contribution is 7.99. The summed E-state index contributed by atoms with van der Waals surface area (Å²) >= 11 is 1.31. The van der Waals surface area contributed by atoms with Crippen LogP contribution < -0.4 is 10.2 Å². The Morgan fingerprint density at radius 1 is 0.973 bits per heavy atom. The summed E-state index contributed by atoms with van der Waals surface area (Å²) in [7, 11) is 1.64. The molecule has 1 N–H and O–H groups in total. The fourth-order valence-corrected chi connectivity index (χ4v) is 4.43. The van der Waals surface area contributed by atoms with E-state index in [-0.39, 0.29) is 17.1 Å². The van der Waals surface area contributed by atoms with Crippen LogP contribution in [-0.4, -0.2) is 39.2 Å². The van der Waals surface area contributed by atoms with Crippen LogP contribution in [0.15, 0.2) is 89.1 Å². The third kappa shape index (κ3) is 6.46. The summed E-state index contributed by atoms with van der Waals surface area (Å²) in [6, 6.07) is 25.8. The van der Waals surface area contributed by atoms with Gasteiger partial charge in [0.2, 0.25) is 0 Å². The smallest absolute Gasteiger partial charge is 0.250 e. The number of methoxy groups -OCH3 is 1. The molecule has 3 aromatic carbocycles. The van der Waals surface area contributed by atoms with Crippen molar-refractivity contribution in [1.29, 1.82) is 0 Å². The molecule has 190 valence electrons. The Balaban J connectivity index is 1.57. The number of hydrazone groups is 1. The number of ether oxygens (including phenoxy) is 1. The minimum atomic E-state index is -0.222. The van der Waals surface area contributed by atoms with Gasteiger partial charge >= 0.3 is 0 Å². The number of amides is 1. The van der Waals surface area contributed by atoms with E-state index < -0.39 is 0 Å². The number of rotatable bonds is 8. The molecule has 4 aromatic rings. The fourth-order valence-electron chi connectivity index (χ4n) is 3.69. The predicted molar refractivity (Wildman–Crippen MR) is 150 cm³/mol. The molecule has 1 heterocycles. The number of carbonyl (C=O) groups is 1. The summed E-state index contributed by atoms with van der Waals surface area (Å²) < 4.78 is 7.28. The lowest BCUT2D eigenvalue weighted by molar-refractivity contribution is -0.118. The Kier molecular flexibility index (Phi) is 8.08. The van der Waals surface area contributed by atoms with Crippen molar-refractivity contribution >= 4 is 23.4 Å². The highest BCUT2D eigenvalue weighted by Crippen LogP contribution is 2.30. The van der Waals surface area contributed by atoms with Gasteiger partial charge in [0.05, 0.1) is 18.6 Å². The van der Waals surface area contributed by atoms with Crippen molar-refractivity contribution in [2.75, 3.05) is 12.9 Å². The molecule has 0 saturated heterocycles. The van der Waals surface area contributed by atoms with Crippen LogP contribution in [0.25, 0.3) is 17.1 Å². The molecule has 0 aliphatic carbocycles. The Hall–Kier alpha value is -3.91. The lowest BCUT2D eigenvalue weighted by atomic mass is 9.87. The lowest BCUT2D eigenvalue weighted by Gasteiger charge is -2.19. The minimum Gasteiger partial charge on any atom is -0.497 e. The molecule has 0 unspecified atom stereocenters. The normalized spacial score (nSPS) is 11.9. The standard InChI is InChI=1S/C29H31N5O2S/c1-20(21-9-7-6-8-10-21)30-31-26(35)19-37-28-33-32-27(22-11-13-23(14-12-22)29(2,3)4)34(28)24-15-17-25(36-5)18-16-24/h6-18H,19H2,1-5H3,(H,31,35)/b30-20-.